The summed E-state index contributed by atoms with van der Waals surface area (Å²) in [5.74, 6) is 0.292. The van der Waals surface area contributed by atoms with E-state index in [0.29, 0.717) is 12.5 Å². The van der Waals surface area contributed by atoms with Crippen LogP contribution in [-0.2, 0) is 24.3 Å². The third-order valence-electron chi connectivity index (χ3n) is 5.14. The molecule has 0 bridgehead atoms. The van der Waals surface area contributed by atoms with E-state index in [1.165, 1.54) is 11.1 Å². The number of rotatable bonds is 7. The van der Waals surface area contributed by atoms with Gasteiger partial charge in [0.15, 0.2) is 0 Å². The number of aryl methyl sites for hydroxylation is 2. The van der Waals surface area contributed by atoms with E-state index in [4.69, 9.17) is 4.74 Å². The van der Waals surface area contributed by atoms with E-state index in [-0.39, 0.29) is 6.10 Å². The molecule has 1 aliphatic rings. The molecule has 27 heavy (non-hydrogen) atoms. The van der Waals surface area contributed by atoms with Gasteiger partial charge in [0.2, 0.25) is 0 Å². The van der Waals surface area contributed by atoms with Gasteiger partial charge >= 0.3 is 0 Å². The zero-order chi connectivity index (χ0) is 18.3. The zero-order valence-electron chi connectivity index (χ0n) is 15.5. The van der Waals surface area contributed by atoms with Crippen molar-refractivity contribution >= 4 is 0 Å². The summed E-state index contributed by atoms with van der Waals surface area (Å²) in [4.78, 5) is 0. The van der Waals surface area contributed by atoms with Gasteiger partial charge in [-0.1, -0.05) is 65.9 Å². The van der Waals surface area contributed by atoms with E-state index >= 15 is 0 Å². The average molecular weight is 362 g/mol. The van der Waals surface area contributed by atoms with Crippen LogP contribution in [0.1, 0.15) is 29.2 Å². The average Bonchev–Trinajstić information content (AvgIpc) is 3.21. The van der Waals surface area contributed by atoms with Crippen LogP contribution in [0, 0.1) is 0 Å². The van der Waals surface area contributed by atoms with Crippen molar-refractivity contribution in [3.05, 3.63) is 83.7 Å². The third kappa shape index (κ3) is 4.81. The van der Waals surface area contributed by atoms with E-state index in [1.807, 2.05) is 28.9 Å². The highest BCUT2D eigenvalue weighted by Gasteiger charge is 2.29. The molecular formula is C22H26N4O. The zero-order valence-corrected chi connectivity index (χ0v) is 15.5. The minimum absolute atomic E-state index is 0.123. The molecule has 1 N–H and O–H groups in total. The molecule has 1 aromatic heterocycles. The van der Waals surface area contributed by atoms with E-state index in [1.54, 1.807) is 0 Å². The Balaban J connectivity index is 1.37. The normalized spacial score (nSPS) is 19.9. The lowest BCUT2D eigenvalue weighted by atomic mass is 9.92. The van der Waals surface area contributed by atoms with Gasteiger partial charge in [0.05, 0.1) is 18.4 Å². The molecule has 2 heterocycles. The number of nitrogens with zero attached hydrogens (tertiary/aromatic N) is 3. The Labute approximate surface area is 160 Å². The number of ether oxygens (including phenoxy) is 1. The molecule has 0 amide bonds. The van der Waals surface area contributed by atoms with Crippen LogP contribution in [0.15, 0.2) is 66.9 Å². The maximum Gasteiger partial charge on any atom is 0.0884 e. The molecule has 1 aliphatic heterocycles. The number of nitrogens with one attached hydrogen (secondary N) is 1. The fourth-order valence-electron chi connectivity index (χ4n) is 3.60. The Morgan fingerprint density at radius 1 is 1.00 bits per heavy atom. The second kappa shape index (κ2) is 8.93. The van der Waals surface area contributed by atoms with Crippen LogP contribution in [0.25, 0.3) is 0 Å². The highest BCUT2D eigenvalue weighted by molar-refractivity contribution is 5.15. The first-order valence-electron chi connectivity index (χ1n) is 9.69. The summed E-state index contributed by atoms with van der Waals surface area (Å²) < 4.78 is 8.19. The first kappa shape index (κ1) is 17.9. The van der Waals surface area contributed by atoms with Crippen LogP contribution >= 0.6 is 0 Å². The molecule has 2 atom stereocenters. The summed E-state index contributed by atoms with van der Waals surface area (Å²) in [6.45, 7) is 3.32. The van der Waals surface area contributed by atoms with Crippen LogP contribution in [0.4, 0.5) is 0 Å². The lowest BCUT2D eigenvalue weighted by molar-refractivity contribution is 0.00965. The summed E-state index contributed by atoms with van der Waals surface area (Å²) in [6, 6.07) is 20.8. The molecule has 1 fully saturated rings. The predicted molar refractivity (Wildman–Crippen MR) is 105 cm³/mol. The van der Waals surface area contributed by atoms with Crippen LogP contribution < -0.4 is 5.32 Å². The molecule has 1 saturated heterocycles. The number of benzene rings is 2. The summed E-state index contributed by atoms with van der Waals surface area (Å²) in [5, 5.41) is 12.3. The van der Waals surface area contributed by atoms with Crippen molar-refractivity contribution in [1.82, 2.24) is 20.3 Å². The number of hydrogen-bond donors (Lipinski definition) is 1. The van der Waals surface area contributed by atoms with Gasteiger partial charge < -0.3 is 10.1 Å². The lowest BCUT2D eigenvalue weighted by Crippen LogP contribution is -2.41. The Bertz CT molecular complexity index is 819. The van der Waals surface area contributed by atoms with Crippen molar-refractivity contribution < 1.29 is 4.74 Å². The van der Waals surface area contributed by atoms with Crippen LogP contribution in [0.3, 0.4) is 0 Å². The van der Waals surface area contributed by atoms with Gasteiger partial charge in [-0.15, -0.1) is 5.10 Å². The van der Waals surface area contributed by atoms with E-state index in [2.05, 4.69) is 58.2 Å². The summed E-state index contributed by atoms with van der Waals surface area (Å²) in [7, 11) is 0. The van der Waals surface area contributed by atoms with Crippen LogP contribution in [-0.4, -0.2) is 34.2 Å². The molecule has 0 aliphatic carbocycles. The minimum atomic E-state index is 0.123. The maximum atomic E-state index is 6.24. The molecule has 140 valence electrons. The Hall–Kier alpha value is -2.50. The highest BCUT2D eigenvalue weighted by Crippen LogP contribution is 2.26. The maximum absolute atomic E-state index is 6.24. The van der Waals surface area contributed by atoms with Gasteiger partial charge in [-0.3, -0.25) is 4.68 Å². The molecule has 0 spiro atoms. The third-order valence-corrected chi connectivity index (χ3v) is 5.14. The second-order valence-electron chi connectivity index (χ2n) is 7.08. The smallest absolute Gasteiger partial charge is 0.0884 e. The molecular weight excluding hydrogens is 336 g/mol. The summed E-state index contributed by atoms with van der Waals surface area (Å²) in [5.41, 5.74) is 3.57. The fourth-order valence-corrected chi connectivity index (χ4v) is 3.60. The van der Waals surface area contributed by atoms with Crippen molar-refractivity contribution in [3.63, 3.8) is 0 Å². The fraction of sp³-hybridized carbons (Fsp3) is 0.364. The van der Waals surface area contributed by atoms with Crippen molar-refractivity contribution in [2.24, 2.45) is 0 Å². The van der Waals surface area contributed by atoms with Crippen molar-refractivity contribution in [2.75, 3.05) is 13.1 Å². The molecule has 0 saturated carbocycles. The first-order chi connectivity index (χ1) is 13.4. The van der Waals surface area contributed by atoms with Gasteiger partial charge in [0.25, 0.3) is 0 Å². The van der Waals surface area contributed by atoms with Gasteiger partial charge in [-0.05, 0) is 30.5 Å². The van der Waals surface area contributed by atoms with Crippen LogP contribution in [0.2, 0.25) is 0 Å². The minimum Gasteiger partial charge on any atom is -0.372 e. The Kier molecular flexibility index (Phi) is 5.92. The van der Waals surface area contributed by atoms with Gasteiger partial charge in [-0.25, -0.2) is 0 Å². The van der Waals surface area contributed by atoms with E-state index in [0.717, 1.165) is 38.2 Å². The van der Waals surface area contributed by atoms with Gasteiger partial charge in [0.1, 0.15) is 0 Å². The molecule has 5 nitrogen and oxygen atoms in total. The second-order valence-corrected chi connectivity index (χ2v) is 7.08. The van der Waals surface area contributed by atoms with E-state index in [9.17, 15) is 0 Å². The monoisotopic (exact) mass is 362 g/mol. The van der Waals surface area contributed by atoms with Crippen molar-refractivity contribution in [2.45, 2.75) is 38.0 Å². The van der Waals surface area contributed by atoms with Gasteiger partial charge in [0, 0.05) is 25.2 Å². The standard InChI is InChI=1S/C22H26N4O/c1-3-7-18(8-4-1)12-14-26-16-21(24-25-26)20-11-13-23-15-22(20)27-17-19-9-5-2-6-10-19/h1-10,16,20,22-23H,11-15,17H2/t20-,22+/m1/s1. The predicted octanol–water partition coefficient (Wildman–Crippen LogP) is 3.18. The Morgan fingerprint density at radius 2 is 1.74 bits per heavy atom. The topological polar surface area (TPSA) is 52.0 Å². The highest BCUT2D eigenvalue weighted by atomic mass is 16.5. The van der Waals surface area contributed by atoms with Crippen molar-refractivity contribution in [1.29, 1.82) is 0 Å². The number of aromatic nitrogens is 3. The molecule has 2 aromatic carbocycles. The molecule has 0 radical (unpaired) electrons. The van der Waals surface area contributed by atoms with Gasteiger partial charge in [-0.2, -0.15) is 0 Å². The molecule has 0 unspecified atom stereocenters. The SMILES string of the molecule is c1ccc(CCn2cc([C@H]3CCNC[C@@H]3OCc3ccccc3)nn2)cc1. The van der Waals surface area contributed by atoms with Crippen molar-refractivity contribution in [3.8, 4) is 0 Å². The lowest BCUT2D eigenvalue weighted by Gasteiger charge is -2.30. The largest absolute Gasteiger partial charge is 0.372 e. The molecule has 3 aromatic rings. The summed E-state index contributed by atoms with van der Waals surface area (Å²) in [6.07, 6.45) is 4.21. The number of piperidine rings is 1. The molecule has 5 heteroatoms. The Morgan fingerprint density at radius 3 is 2.52 bits per heavy atom. The number of hydrogen-bond acceptors (Lipinski definition) is 4. The van der Waals surface area contributed by atoms with Crippen LogP contribution in [0.5, 0.6) is 0 Å². The quantitative estimate of drug-likeness (QED) is 0.701. The van der Waals surface area contributed by atoms with E-state index < -0.39 is 0 Å². The first-order valence-corrected chi connectivity index (χ1v) is 9.69. The summed E-state index contributed by atoms with van der Waals surface area (Å²) >= 11 is 0. The molecule has 4 rings (SSSR count).